The first kappa shape index (κ1) is 21.6. The number of aromatic nitrogens is 1. The number of aliphatic hydroxyl groups is 2. The zero-order chi connectivity index (χ0) is 21.2. The molecule has 0 amide bonds. The van der Waals surface area contributed by atoms with Gasteiger partial charge in [-0.2, -0.15) is 0 Å². The first-order valence-electron chi connectivity index (χ1n) is 9.42. The van der Waals surface area contributed by atoms with Crippen molar-refractivity contribution in [3.63, 3.8) is 0 Å². The van der Waals surface area contributed by atoms with Crippen molar-refractivity contribution >= 4 is 28.7 Å². The minimum atomic E-state index is -1.46. The maximum absolute atomic E-state index is 12.4. The number of aliphatic hydroxyl groups excluding tert-OH is 2. The average Bonchev–Trinajstić information content (AvgIpc) is 2.98. The van der Waals surface area contributed by atoms with Crippen molar-refractivity contribution < 1.29 is 28.9 Å². The number of esters is 1. The van der Waals surface area contributed by atoms with Gasteiger partial charge in [0, 0.05) is 6.07 Å². The fourth-order valence-corrected chi connectivity index (χ4v) is 3.17. The number of rotatable bonds is 9. The van der Waals surface area contributed by atoms with E-state index in [0.29, 0.717) is 28.8 Å². The standard InChI is InChI=1S/C19H25ClN2O7/c1-11(17(25)28-10-19(21,8-23)9-24)22-14-5-13(20)15(6-16(14)29-18(22)26)27-7-12-3-2-4-12/h5-6,11-12,23-24H,2-4,7-10,21H2,1H3. The van der Waals surface area contributed by atoms with Crippen molar-refractivity contribution in [2.45, 2.75) is 37.8 Å². The Balaban J connectivity index is 1.79. The molecular weight excluding hydrogens is 404 g/mol. The number of oxazole rings is 1. The molecule has 2 aromatic rings. The molecule has 0 spiro atoms. The Morgan fingerprint density at radius 3 is 2.69 bits per heavy atom. The van der Waals surface area contributed by atoms with Crippen LogP contribution in [0.4, 0.5) is 0 Å². The van der Waals surface area contributed by atoms with Crippen LogP contribution < -0.4 is 16.2 Å². The third-order valence-electron chi connectivity index (χ3n) is 5.23. The lowest BCUT2D eigenvalue weighted by atomic mass is 9.86. The van der Waals surface area contributed by atoms with Gasteiger partial charge >= 0.3 is 11.7 Å². The Bertz CT molecular complexity index is 931. The predicted octanol–water partition coefficient (Wildman–Crippen LogP) is 1.21. The summed E-state index contributed by atoms with van der Waals surface area (Å²) in [7, 11) is 0. The van der Waals surface area contributed by atoms with Crippen molar-refractivity contribution in [3.05, 3.63) is 27.7 Å². The number of benzene rings is 1. The van der Waals surface area contributed by atoms with Gasteiger partial charge in [-0.05, 0) is 31.7 Å². The van der Waals surface area contributed by atoms with E-state index in [4.69, 9.17) is 31.2 Å². The molecule has 0 aliphatic heterocycles. The quantitative estimate of drug-likeness (QED) is 0.507. The highest BCUT2D eigenvalue weighted by Crippen LogP contribution is 2.33. The second-order valence-electron chi connectivity index (χ2n) is 7.56. The lowest BCUT2D eigenvalue weighted by Gasteiger charge is -2.25. The van der Waals surface area contributed by atoms with Crippen LogP contribution in [0.3, 0.4) is 0 Å². The van der Waals surface area contributed by atoms with E-state index < -0.39 is 43.1 Å². The average molecular weight is 429 g/mol. The SMILES string of the molecule is CC(C(=O)OCC(N)(CO)CO)n1c(=O)oc2cc(OCC3CCC3)c(Cl)cc21. The van der Waals surface area contributed by atoms with Gasteiger partial charge < -0.3 is 29.8 Å². The summed E-state index contributed by atoms with van der Waals surface area (Å²) in [5.41, 5.74) is 4.79. The highest BCUT2D eigenvalue weighted by Gasteiger charge is 2.29. The van der Waals surface area contributed by atoms with Gasteiger partial charge in [0.25, 0.3) is 0 Å². The second kappa shape index (κ2) is 8.74. The van der Waals surface area contributed by atoms with Crippen LogP contribution in [0.1, 0.15) is 32.2 Å². The zero-order valence-corrected chi connectivity index (χ0v) is 16.9. The summed E-state index contributed by atoms with van der Waals surface area (Å²) in [4.78, 5) is 24.7. The minimum absolute atomic E-state index is 0.238. The van der Waals surface area contributed by atoms with Gasteiger partial charge in [0.05, 0.1) is 35.9 Å². The molecular formula is C19H25ClN2O7. The molecule has 4 N–H and O–H groups in total. The molecule has 1 heterocycles. The Labute approximate surface area is 171 Å². The summed E-state index contributed by atoms with van der Waals surface area (Å²) < 4.78 is 17.2. The number of ether oxygens (including phenoxy) is 2. The van der Waals surface area contributed by atoms with E-state index in [9.17, 15) is 19.8 Å². The second-order valence-corrected chi connectivity index (χ2v) is 7.97. The van der Waals surface area contributed by atoms with E-state index >= 15 is 0 Å². The molecule has 0 radical (unpaired) electrons. The fraction of sp³-hybridized carbons (Fsp3) is 0.579. The first-order chi connectivity index (χ1) is 13.8. The molecule has 3 rings (SSSR count). The largest absolute Gasteiger partial charge is 0.492 e. The van der Waals surface area contributed by atoms with Gasteiger partial charge in [-0.15, -0.1) is 0 Å². The molecule has 29 heavy (non-hydrogen) atoms. The molecule has 0 saturated heterocycles. The Morgan fingerprint density at radius 1 is 1.41 bits per heavy atom. The van der Waals surface area contributed by atoms with Crippen LogP contribution in [0.15, 0.2) is 21.3 Å². The van der Waals surface area contributed by atoms with Gasteiger partial charge in [0.2, 0.25) is 0 Å². The van der Waals surface area contributed by atoms with Crippen molar-refractivity contribution in [1.29, 1.82) is 0 Å². The molecule has 1 aliphatic carbocycles. The van der Waals surface area contributed by atoms with E-state index in [1.165, 1.54) is 25.5 Å². The van der Waals surface area contributed by atoms with Gasteiger partial charge in [0.15, 0.2) is 5.58 Å². The summed E-state index contributed by atoms with van der Waals surface area (Å²) in [6.45, 7) is 0.463. The van der Waals surface area contributed by atoms with Crippen LogP contribution in [-0.2, 0) is 9.53 Å². The number of carbonyl (C=O) groups is 1. The van der Waals surface area contributed by atoms with Crippen LogP contribution >= 0.6 is 11.6 Å². The fourth-order valence-electron chi connectivity index (χ4n) is 2.96. The Hall–Kier alpha value is -2.07. The molecule has 1 aromatic carbocycles. The third-order valence-corrected chi connectivity index (χ3v) is 5.52. The molecule has 9 nitrogen and oxygen atoms in total. The molecule has 1 saturated carbocycles. The van der Waals surface area contributed by atoms with Gasteiger partial charge in [-0.3, -0.25) is 4.57 Å². The Morgan fingerprint density at radius 2 is 2.10 bits per heavy atom. The van der Waals surface area contributed by atoms with E-state index in [-0.39, 0.29) is 5.58 Å². The summed E-state index contributed by atoms with van der Waals surface area (Å²) in [6.07, 6.45) is 3.46. The van der Waals surface area contributed by atoms with Gasteiger partial charge in [-0.1, -0.05) is 18.0 Å². The zero-order valence-electron chi connectivity index (χ0n) is 16.1. The molecule has 1 fully saturated rings. The summed E-state index contributed by atoms with van der Waals surface area (Å²) >= 11 is 6.30. The van der Waals surface area contributed by atoms with Crippen molar-refractivity contribution in [3.8, 4) is 5.75 Å². The van der Waals surface area contributed by atoms with Crippen LogP contribution in [0.5, 0.6) is 5.75 Å². The molecule has 160 valence electrons. The first-order valence-corrected chi connectivity index (χ1v) is 9.80. The van der Waals surface area contributed by atoms with Gasteiger partial charge in [0.1, 0.15) is 18.4 Å². The molecule has 1 aromatic heterocycles. The van der Waals surface area contributed by atoms with Crippen LogP contribution in [0, 0.1) is 5.92 Å². The van der Waals surface area contributed by atoms with Crippen LogP contribution in [0.2, 0.25) is 5.02 Å². The third kappa shape index (κ3) is 4.58. The molecule has 1 unspecified atom stereocenters. The molecule has 10 heteroatoms. The smallest absolute Gasteiger partial charge is 0.420 e. The summed E-state index contributed by atoms with van der Waals surface area (Å²) in [5.74, 6) is -0.588. The monoisotopic (exact) mass is 428 g/mol. The highest BCUT2D eigenvalue weighted by molar-refractivity contribution is 6.32. The Kier molecular flexibility index (Phi) is 6.52. The molecule has 1 atom stereocenters. The number of hydrogen-bond donors (Lipinski definition) is 3. The lowest BCUT2D eigenvalue weighted by Crippen LogP contribution is -2.52. The number of nitrogens with zero attached hydrogens (tertiary/aromatic N) is 1. The maximum Gasteiger partial charge on any atom is 0.420 e. The van der Waals surface area contributed by atoms with E-state index in [0.717, 1.165) is 17.4 Å². The van der Waals surface area contributed by atoms with Gasteiger partial charge in [-0.25, -0.2) is 9.59 Å². The van der Waals surface area contributed by atoms with Crippen LogP contribution in [0.25, 0.3) is 11.1 Å². The number of hydrogen-bond acceptors (Lipinski definition) is 8. The van der Waals surface area contributed by atoms with Crippen molar-refractivity contribution in [1.82, 2.24) is 4.57 Å². The van der Waals surface area contributed by atoms with E-state index in [1.807, 2.05) is 0 Å². The summed E-state index contributed by atoms with van der Waals surface area (Å²) in [6, 6.07) is 2.01. The van der Waals surface area contributed by atoms with Crippen molar-refractivity contribution in [2.24, 2.45) is 11.7 Å². The normalized spacial score (nSPS) is 15.9. The number of halogens is 1. The molecule has 1 aliphatic rings. The number of fused-ring (bicyclic) bond motifs is 1. The number of carbonyl (C=O) groups excluding carboxylic acids is 1. The van der Waals surface area contributed by atoms with Crippen molar-refractivity contribution in [2.75, 3.05) is 26.4 Å². The van der Waals surface area contributed by atoms with E-state index in [1.54, 1.807) is 0 Å². The summed E-state index contributed by atoms with van der Waals surface area (Å²) in [5, 5.41) is 18.7. The minimum Gasteiger partial charge on any atom is -0.492 e. The van der Waals surface area contributed by atoms with Crippen LogP contribution in [-0.4, -0.2) is 52.7 Å². The number of nitrogens with two attached hydrogens (primary N) is 1. The highest BCUT2D eigenvalue weighted by atomic mass is 35.5. The van der Waals surface area contributed by atoms with E-state index in [2.05, 4.69) is 0 Å². The lowest BCUT2D eigenvalue weighted by molar-refractivity contribution is -0.150. The topological polar surface area (TPSA) is 137 Å². The maximum atomic E-state index is 12.4. The molecule has 0 bridgehead atoms. The predicted molar refractivity (Wildman–Crippen MR) is 105 cm³/mol.